The van der Waals surface area contributed by atoms with Gasteiger partial charge in [0.15, 0.2) is 0 Å². The number of aliphatic carboxylic acids is 1. The molecule has 0 atom stereocenters. The third kappa shape index (κ3) is 4.32. The summed E-state index contributed by atoms with van der Waals surface area (Å²) < 4.78 is 6.55. The van der Waals surface area contributed by atoms with Gasteiger partial charge in [0, 0.05) is 25.5 Å². The molecule has 104 valence electrons. The maximum absolute atomic E-state index is 11.8. The first-order valence-electron chi connectivity index (χ1n) is 6.11. The van der Waals surface area contributed by atoms with Crippen LogP contribution in [0.25, 0.3) is 0 Å². The molecule has 19 heavy (non-hydrogen) atoms. The zero-order chi connectivity index (χ0) is 13.7. The fourth-order valence-corrected chi connectivity index (χ4v) is 1.91. The second-order valence-corrected chi connectivity index (χ2v) is 4.43. The minimum absolute atomic E-state index is 0.0456. The highest BCUT2D eigenvalue weighted by Crippen LogP contribution is 2.06. The fraction of sp³-hybridized carbons (Fsp3) is 0.636. The number of rotatable bonds is 5. The van der Waals surface area contributed by atoms with Gasteiger partial charge in [-0.15, -0.1) is 5.10 Å². The van der Waals surface area contributed by atoms with Gasteiger partial charge in [-0.3, -0.25) is 9.59 Å². The molecule has 1 aromatic rings. The number of hydrogen-bond acceptors (Lipinski definition) is 5. The summed E-state index contributed by atoms with van der Waals surface area (Å²) >= 11 is 0. The van der Waals surface area contributed by atoms with Gasteiger partial charge in [-0.2, -0.15) is 0 Å². The first-order chi connectivity index (χ1) is 9.13. The Bertz CT molecular complexity index is 453. The molecule has 2 rings (SSSR count). The fourth-order valence-electron chi connectivity index (χ4n) is 1.91. The number of amides is 1. The molecule has 1 aromatic heterocycles. The van der Waals surface area contributed by atoms with Gasteiger partial charge in [0.05, 0.1) is 12.1 Å². The molecule has 1 aliphatic heterocycles. The van der Waals surface area contributed by atoms with E-state index in [-0.39, 0.29) is 24.9 Å². The summed E-state index contributed by atoms with van der Waals surface area (Å²) in [6, 6.07) is 0.142. The Morgan fingerprint density at radius 1 is 1.47 bits per heavy atom. The molecule has 1 saturated heterocycles. The molecule has 0 aliphatic carbocycles. The van der Waals surface area contributed by atoms with Crippen molar-refractivity contribution in [2.75, 3.05) is 13.2 Å². The summed E-state index contributed by atoms with van der Waals surface area (Å²) in [6.07, 6.45) is 2.90. The highest BCUT2D eigenvalue weighted by molar-refractivity contribution is 5.76. The van der Waals surface area contributed by atoms with Gasteiger partial charge >= 0.3 is 5.97 Å². The Labute approximate surface area is 109 Å². The largest absolute Gasteiger partial charge is 0.481 e. The first-order valence-corrected chi connectivity index (χ1v) is 6.11. The maximum atomic E-state index is 11.8. The summed E-state index contributed by atoms with van der Waals surface area (Å²) in [5.74, 6) is -1.13. The zero-order valence-corrected chi connectivity index (χ0v) is 10.4. The number of carbonyl (C=O) groups excluding carboxylic acids is 1. The lowest BCUT2D eigenvalue weighted by molar-refractivity contribution is -0.136. The monoisotopic (exact) mass is 268 g/mol. The van der Waals surface area contributed by atoms with Crippen molar-refractivity contribution in [3.05, 3.63) is 11.9 Å². The first kappa shape index (κ1) is 13.5. The number of nitrogens with one attached hydrogen (secondary N) is 1. The molecule has 0 radical (unpaired) electrons. The minimum Gasteiger partial charge on any atom is -0.481 e. The molecule has 0 spiro atoms. The lowest BCUT2D eigenvalue weighted by Crippen LogP contribution is -2.40. The van der Waals surface area contributed by atoms with Gasteiger partial charge in [0.1, 0.15) is 6.54 Å². The summed E-state index contributed by atoms with van der Waals surface area (Å²) in [7, 11) is 0. The lowest BCUT2D eigenvalue weighted by atomic mass is 10.1. The number of carbonyl (C=O) groups is 2. The number of nitrogens with zero attached hydrogens (tertiary/aromatic N) is 3. The molecule has 1 fully saturated rings. The van der Waals surface area contributed by atoms with E-state index in [0.717, 1.165) is 12.8 Å². The van der Waals surface area contributed by atoms with E-state index in [0.29, 0.717) is 18.9 Å². The van der Waals surface area contributed by atoms with E-state index in [9.17, 15) is 9.59 Å². The van der Waals surface area contributed by atoms with Gasteiger partial charge in [0.2, 0.25) is 5.91 Å². The van der Waals surface area contributed by atoms with Crippen molar-refractivity contribution in [2.45, 2.75) is 31.8 Å². The third-order valence-electron chi connectivity index (χ3n) is 2.81. The Kier molecular flexibility index (Phi) is 4.45. The van der Waals surface area contributed by atoms with E-state index in [1.807, 2.05) is 0 Å². The SMILES string of the molecule is O=C(O)Cc1cn(CC(=O)NC2CCOCC2)nn1. The standard InChI is InChI=1S/C11H16N4O4/c16-10(12-8-1-3-19-4-2-8)7-15-6-9(13-14-15)5-11(17)18/h6,8H,1-5,7H2,(H,12,16)(H,17,18). The van der Waals surface area contributed by atoms with E-state index in [1.54, 1.807) is 0 Å². The van der Waals surface area contributed by atoms with E-state index < -0.39 is 5.97 Å². The number of carboxylic acids is 1. The van der Waals surface area contributed by atoms with Crippen molar-refractivity contribution < 1.29 is 19.4 Å². The van der Waals surface area contributed by atoms with Crippen LogP contribution in [-0.2, 0) is 27.3 Å². The van der Waals surface area contributed by atoms with Gasteiger partial charge in [-0.25, -0.2) is 4.68 Å². The van der Waals surface area contributed by atoms with E-state index in [2.05, 4.69) is 15.6 Å². The second-order valence-electron chi connectivity index (χ2n) is 4.43. The van der Waals surface area contributed by atoms with Gasteiger partial charge in [-0.05, 0) is 12.8 Å². The summed E-state index contributed by atoms with van der Waals surface area (Å²) in [5, 5.41) is 18.9. The molecular weight excluding hydrogens is 252 g/mol. The molecule has 8 heteroatoms. The van der Waals surface area contributed by atoms with Crippen LogP contribution in [0.2, 0.25) is 0 Å². The van der Waals surface area contributed by atoms with Gasteiger partial charge < -0.3 is 15.2 Å². The maximum Gasteiger partial charge on any atom is 0.309 e. The van der Waals surface area contributed by atoms with Crippen LogP contribution in [0.4, 0.5) is 0 Å². The van der Waals surface area contributed by atoms with E-state index in [1.165, 1.54) is 10.9 Å². The average Bonchev–Trinajstić information content (AvgIpc) is 2.76. The predicted octanol–water partition coefficient (Wildman–Crippen LogP) is -0.800. The average molecular weight is 268 g/mol. The number of carboxylic acid groups (broad SMARTS) is 1. The number of ether oxygens (including phenoxy) is 1. The van der Waals surface area contributed by atoms with Crippen molar-refractivity contribution in [3.63, 3.8) is 0 Å². The smallest absolute Gasteiger partial charge is 0.309 e. The topological polar surface area (TPSA) is 106 Å². The molecule has 1 amide bonds. The van der Waals surface area contributed by atoms with Gasteiger partial charge in [0.25, 0.3) is 0 Å². The molecule has 0 saturated carbocycles. The van der Waals surface area contributed by atoms with E-state index >= 15 is 0 Å². The minimum atomic E-state index is -0.973. The van der Waals surface area contributed by atoms with Crippen molar-refractivity contribution in [2.24, 2.45) is 0 Å². The molecule has 2 N–H and O–H groups in total. The Morgan fingerprint density at radius 2 is 2.21 bits per heavy atom. The van der Waals surface area contributed by atoms with Crippen molar-refractivity contribution in [1.29, 1.82) is 0 Å². The van der Waals surface area contributed by atoms with Crippen LogP contribution in [0.1, 0.15) is 18.5 Å². The van der Waals surface area contributed by atoms with Crippen molar-refractivity contribution >= 4 is 11.9 Å². The Balaban J connectivity index is 1.81. The van der Waals surface area contributed by atoms with E-state index in [4.69, 9.17) is 9.84 Å². The predicted molar refractivity (Wildman–Crippen MR) is 63.3 cm³/mol. The summed E-state index contributed by atoms with van der Waals surface area (Å²) in [5.41, 5.74) is 0.339. The van der Waals surface area contributed by atoms with Crippen LogP contribution >= 0.6 is 0 Å². The summed E-state index contributed by atoms with van der Waals surface area (Å²) in [6.45, 7) is 1.37. The lowest BCUT2D eigenvalue weighted by Gasteiger charge is -2.22. The highest BCUT2D eigenvalue weighted by atomic mass is 16.5. The molecule has 2 heterocycles. The van der Waals surface area contributed by atoms with Crippen LogP contribution in [0.15, 0.2) is 6.20 Å². The third-order valence-corrected chi connectivity index (χ3v) is 2.81. The van der Waals surface area contributed by atoms with Crippen LogP contribution < -0.4 is 5.32 Å². The van der Waals surface area contributed by atoms with Crippen LogP contribution in [-0.4, -0.2) is 51.2 Å². The molecule has 0 aromatic carbocycles. The number of hydrogen-bond donors (Lipinski definition) is 2. The van der Waals surface area contributed by atoms with Crippen LogP contribution in [0.5, 0.6) is 0 Å². The zero-order valence-electron chi connectivity index (χ0n) is 10.4. The van der Waals surface area contributed by atoms with Crippen molar-refractivity contribution in [1.82, 2.24) is 20.3 Å². The molecule has 0 bridgehead atoms. The molecule has 1 aliphatic rings. The quantitative estimate of drug-likeness (QED) is 0.724. The molecular formula is C11H16N4O4. The van der Waals surface area contributed by atoms with Crippen molar-refractivity contribution in [3.8, 4) is 0 Å². The van der Waals surface area contributed by atoms with Crippen LogP contribution in [0, 0.1) is 0 Å². The van der Waals surface area contributed by atoms with Crippen LogP contribution in [0.3, 0.4) is 0 Å². The Morgan fingerprint density at radius 3 is 2.89 bits per heavy atom. The Hall–Kier alpha value is -1.96. The molecule has 8 nitrogen and oxygen atoms in total. The number of aromatic nitrogens is 3. The molecule has 0 unspecified atom stereocenters. The van der Waals surface area contributed by atoms with Gasteiger partial charge in [-0.1, -0.05) is 5.21 Å². The highest BCUT2D eigenvalue weighted by Gasteiger charge is 2.16. The normalized spacial score (nSPS) is 16.2. The summed E-state index contributed by atoms with van der Waals surface area (Å²) in [4.78, 5) is 22.2. The second kappa shape index (κ2) is 6.28.